The Morgan fingerprint density at radius 3 is 1.70 bits per heavy atom. The molecule has 0 aliphatic heterocycles. The van der Waals surface area contributed by atoms with E-state index in [9.17, 15) is 4.79 Å². The minimum atomic E-state index is 0.200. The topological polar surface area (TPSA) is 20.3 Å². The van der Waals surface area contributed by atoms with Crippen molar-refractivity contribution in [1.29, 1.82) is 0 Å². The second-order valence-corrected chi connectivity index (χ2v) is 5.51. The summed E-state index contributed by atoms with van der Waals surface area (Å²) in [6, 6.07) is 16.9. The maximum atomic E-state index is 11.1. The maximum absolute atomic E-state index is 11.1. The number of nitrogens with zero attached hydrogens (tertiary/aromatic N) is 1. The Labute approximate surface area is 121 Å². The van der Waals surface area contributed by atoms with E-state index in [0.717, 1.165) is 12.1 Å². The van der Waals surface area contributed by atoms with Crippen molar-refractivity contribution < 1.29 is 4.79 Å². The van der Waals surface area contributed by atoms with Crippen molar-refractivity contribution in [3.8, 4) is 11.1 Å². The van der Waals surface area contributed by atoms with Crippen molar-refractivity contribution in [2.45, 2.75) is 19.9 Å². The highest BCUT2D eigenvalue weighted by molar-refractivity contribution is 5.78. The second kappa shape index (κ2) is 6.49. The predicted molar refractivity (Wildman–Crippen MR) is 83.7 cm³/mol. The summed E-state index contributed by atoms with van der Waals surface area (Å²) in [5.41, 5.74) is 4.79. The summed E-state index contributed by atoms with van der Waals surface area (Å²) in [5.74, 6) is 0.200. The standard InChI is InChI=1S/C18H21NO/c1-14(20)12-15-4-8-17(9-5-15)18-10-6-16(7-11-18)13-19(2)3/h4-11H,12-13H2,1-3H3. The Bertz CT molecular complexity index is 567. The maximum Gasteiger partial charge on any atom is 0.134 e. The predicted octanol–water partition coefficient (Wildman–Crippen LogP) is 3.55. The van der Waals surface area contributed by atoms with Gasteiger partial charge in [-0.2, -0.15) is 0 Å². The highest BCUT2D eigenvalue weighted by Gasteiger charge is 2.01. The Morgan fingerprint density at radius 1 is 0.850 bits per heavy atom. The van der Waals surface area contributed by atoms with Crippen LogP contribution in [0.5, 0.6) is 0 Å². The van der Waals surface area contributed by atoms with E-state index in [1.54, 1.807) is 6.92 Å². The van der Waals surface area contributed by atoms with Crippen LogP contribution in [0.4, 0.5) is 0 Å². The van der Waals surface area contributed by atoms with E-state index in [0.29, 0.717) is 6.42 Å². The van der Waals surface area contributed by atoms with Crippen molar-refractivity contribution in [3.63, 3.8) is 0 Å². The molecule has 0 amide bonds. The van der Waals surface area contributed by atoms with Crippen LogP contribution in [0.15, 0.2) is 48.5 Å². The number of Topliss-reactive ketones (excluding diaryl/α,β-unsaturated/α-hetero) is 1. The summed E-state index contributed by atoms with van der Waals surface area (Å²) >= 11 is 0. The summed E-state index contributed by atoms with van der Waals surface area (Å²) in [4.78, 5) is 13.2. The van der Waals surface area contributed by atoms with Gasteiger partial charge in [-0.15, -0.1) is 0 Å². The van der Waals surface area contributed by atoms with E-state index >= 15 is 0 Å². The third-order valence-corrected chi connectivity index (χ3v) is 3.19. The van der Waals surface area contributed by atoms with Gasteiger partial charge in [-0.25, -0.2) is 0 Å². The average Bonchev–Trinajstić information content (AvgIpc) is 2.39. The minimum absolute atomic E-state index is 0.200. The highest BCUT2D eigenvalue weighted by Crippen LogP contribution is 2.21. The van der Waals surface area contributed by atoms with Gasteiger partial charge < -0.3 is 4.90 Å². The van der Waals surface area contributed by atoms with Gasteiger partial charge in [0.05, 0.1) is 0 Å². The lowest BCUT2D eigenvalue weighted by molar-refractivity contribution is -0.116. The lowest BCUT2D eigenvalue weighted by Gasteiger charge is -2.10. The number of carbonyl (C=O) groups excluding carboxylic acids is 1. The molecule has 2 rings (SSSR count). The summed E-state index contributed by atoms with van der Waals surface area (Å²) < 4.78 is 0. The molecule has 0 atom stereocenters. The Balaban J connectivity index is 2.13. The number of ketones is 1. The van der Waals surface area contributed by atoms with Gasteiger partial charge in [0.15, 0.2) is 0 Å². The Kier molecular flexibility index (Phi) is 4.70. The minimum Gasteiger partial charge on any atom is -0.305 e. The fourth-order valence-corrected chi connectivity index (χ4v) is 2.27. The van der Waals surface area contributed by atoms with E-state index in [2.05, 4.69) is 55.4 Å². The van der Waals surface area contributed by atoms with Crippen LogP contribution >= 0.6 is 0 Å². The summed E-state index contributed by atoms with van der Waals surface area (Å²) in [6.07, 6.45) is 0.516. The smallest absolute Gasteiger partial charge is 0.134 e. The van der Waals surface area contributed by atoms with Gasteiger partial charge in [0, 0.05) is 13.0 Å². The molecule has 104 valence electrons. The molecule has 0 aliphatic carbocycles. The zero-order chi connectivity index (χ0) is 14.5. The summed E-state index contributed by atoms with van der Waals surface area (Å²) in [5, 5.41) is 0. The molecule has 0 saturated carbocycles. The molecule has 2 aromatic carbocycles. The molecule has 0 aromatic heterocycles. The van der Waals surface area contributed by atoms with Crippen LogP contribution < -0.4 is 0 Å². The quantitative estimate of drug-likeness (QED) is 0.825. The first kappa shape index (κ1) is 14.5. The normalized spacial score (nSPS) is 10.8. The van der Waals surface area contributed by atoms with E-state index < -0.39 is 0 Å². The van der Waals surface area contributed by atoms with E-state index in [4.69, 9.17) is 0 Å². The number of hydrogen-bond acceptors (Lipinski definition) is 2. The van der Waals surface area contributed by atoms with Gasteiger partial charge in [-0.05, 0) is 43.3 Å². The molecule has 0 heterocycles. The Hall–Kier alpha value is -1.93. The molecule has 20 heavy (non-hydrogen) atoms. The number of rotatable bonds is 5. The first-order valence-corrected chi connectivity index (χ1v) is 6.87. The molecule has 0 saturated heterocycles. The molecule has 2 heteroatoms. The van der Waals surface area contributed by atoms with E-state index in [1.165, 1.54) is 16.7 Å². The number of carbonyl (C=O) groups is 1. The van der Waals surface area contributed by atoms with Gasteiger partial charge >= 0.3 is 0 Å². The molecule has 0 radical (unpaired) electrons. The zero-order valence-corrected chi connectivity index (χ0v) is 12.4. The van der Waals surface area contributed by atoms with Gasteiger partial charge in [0.2, 0.25) is 0 Å². The first-order chi connectivity index (χ1) is 9.54. The van der Waals surface area contributed by atoms with Crippen LogP contribution in [-0.2, 0) is 17.8 Å². The largest absolute Gasteiger partial charge is 0.305 e. The summed E-state index contributed by atoms with van der Waals surface area (Å²) in [6.45, 7) is 2.58. The molecule has 0 unspecified atom stereocenters. The van der Waals surface area contributed by atoms with Gasteiger partial charge in [0.25, 0.3) is 0 Å². The lowest BCUT2D eigenvalue weighted by Crippen LogP contribution is -2.10. The van der Waals surface area contributed by atoms with Crippen LogP contribution in [0.25, 0.3) is 11.1 Å². The third-order valence-electron chi connectivity index (χ3n) is 3.19. The van der Waals surface area contributed by atoms with Crippen molar-refractivity contribution in [2.24, 2.45) is 0 Å². The van der Waals surface area contributed by atoms with Gasteiger partial charge in [-0.3, -0.25) is 4.79 Å². The monoisotopic (exact) mass is 267 g/mol. The average molecular weight is 267 g/mol. The fourth-order valence-electron chi connectivity index (χ4n) is 2.27. The zero-order valence-electron chi connectivity index (χ0n) is 12.4. The molecule has 0 fully saturated rings. The molecule has 0 N–H and O–H groups in total. The van der Waals surface area contributed by atoms with Crippen molar-refractivity contribution >= 4 is 5.78 Å². The molecular weight excluding hydrogens is 246 g/mol. The van der Waals surface area contributed by atoms with Crippen molar-refractivity contribution in [1.82, 2.24) is 4.90 Å². The van der Waals surface area contributed by atoms with Crippen LogP contribution in [-0.4, -0.2) is 24.8 Å². The van der Waals surface area contributed by atoms with Crippen LogP contribution in [0.2, 0.25) is 0 Å². The second-order valence-electron chi connectivity index (χ2n) is 5.51. The third kappa shape index (κ3) is 4.04. The lowest BCUT2D eigenvalue weighted by atomic mass is 10.0. The van der Waals surface area contributed by atoms with E-state index in [-0.39, 0.29) is 5.78 Å². The molecule has 2 nitrogen and oxygen atoms in total. The molecule has 2 aromatic rings. The number of hydrogen-bond donors (Lipinski definition) is 0. The SMILES string of the molecule is CC(=O)Cc1ccc(-c2ccc(CN(C)C)cc2)cc1. The van der Waals surface area contributed by atoms with Crippen molar-refractivity contribution in [2.75, 3.05) is 14.1 Å². The van der Waals surface area contributed by atoms with Crippen LogP contribution in [0, 0.1) is 0 Å². The van der Waals surface area contributed by atoms with Gasteiger partial charge in [-0.1, -0.05) is 48.5 Å². The number of benzene rings is 2. The van der Waals surface area contributed by atoms with Gasteiger partial charge in [0.1, 0.15) is 5.78 Å². The molecular formula is C18H21NO. The fraction of sp³-hybridized carbons (Fsp3) is 0.278. The molecule has 0 spiro atoms. The molecule has 0 bridgehead atoms. The van der Waals surface area contributed by atoms with Crippen LogP contribution in [0.1, 0.15) is 18.1 Å². The van der Waals surface area contributed by atoms with Crippen LogP contribution in [0.3, 0.4) is 0 Å². The van der Waals surface area contributed by atoms with E-state index in [1.807, 2.05) is 12.1 Å². The first-order valence-electron chi connectivity index (χ1n) is 6.87. The highest BCUT2D eigenvalue weighted by atomic mass is 16.1. The van der Waals surface area contributed by atoms with Crippen molar-refractivity contribution in [3.05, 3.63) is 59.7 Å². The summed E-state index contributed by atoms with van der Waals surface area (Å²) in [7, 11) is 4.14. The molecule has 0 aliphatic rings. The Morgan fingerprint density at radius 2 is 1.30 bits per heavy atom.